The lowest BCUT2D eigenvalue weighted by molar-refractivity contribution is 0.203. The Balaban J connectivity index is 1.44. The average molecular weight is 446 g/mol. The molecule has 8 heteroatoms. The highest BCUT2D eigenvalue weighted by Crippen LogP contribution is 2.42. The second-order valence-electron chi connectivity index (χ2n) is 8.17. The van der Waals surface area contributed by atoms with Gasteiger partial charge in [-0.1, -0.05) is 41.7 Å². The number of thiazole rings is 1. The molecule has 1 aliphatic rings. The number of ether oxygens (including phenoxy) is 1. The Morgan fingerprint density at radius 1 is 1.19 bits per heavy atom. The minimum atomic E-state index is -0.0842. The lowest BCUT2D eigenvalue weighted by atomic mass is 9.98. The van der Waals surface area contributed by atoms with Crippen molar-refractivity contribution in [1.29, 1.82) is 0 Å². The molecule has 0 bridgehead atoms. The average Bonchev–Trinajstić information content (AvgIpc) is 3.45. The minimum absolute atomic E-state index is 0.0842. The Bertz CT molecular complexity index is 1440. The summed E-state index contributed by atoms with van der Waals surface area (Å²) in [5, 5.41) is 16.6. The van der Waals surface area contributed by atoms with Crippen molar-refractivity contribution in [2.75, 3.05) is 13.7 Å². The molecule has 2 N–H and O–H groups in total. The quantitative estimate of drug-likeness (QED) is 0.428. The first-order valence-corrected chi connectivity index (χ1v) is 11.5. The summed E-state index contributed by atoms with van der Waals surface area (Å²) in [6.45, 7) is 3.48. The van der Waals surface area contributed by atoms with E-state index in [0.29, 0.717) is 10.8 Å². The molecule has 0 radical (unpaired) electrons. The summed E-state index contributed by atoms with van der Waals surface area (Å²) in [5.41, 5.74) is 4.84. The van der Waals surface area contributed by atoms with Gasteiger partial charge in [-0.25, -0.2) is 4.98 Å². The summed E-state index contributed by atoms with van der Waals surface area (Å²) in [5.74, 6) is 1.70. The van der Waals surface area contributed by atoms with E-state index in [1.807, 2.05) is 31.2 Å². The van der Waals surface area contributed by atoms with Crippen LogP contribution in [0.25, 0.3) is 15.9 Å². The lowest BCUT2D eigenvalue weighted by Gasteiger charge is -2.34. The number of fused-ring (bicyclic) bond motifs is 4. The molecule has 7 nitrogen and oxygen atoms in total. The molecule has 5 aromatic rings. The molecule has 0 unspecified atom stereocenters. The van der Waals surface area contributed by atoms with Crippen LogP contribution in [-0.2, 0) is 13.0 Å². The highest BCUT2D eigenvalue weighted by atomic mass is 32.1. The Kier molecular flexibility index (Phi) is 4.44. The fourth-order valence-corrected chi connectivity index (χ4v) is 5.94. The van der Waals surface area contributed by atoms with Gasteiger partial charge in [-0.05, 0) is 42.7 Å². The van der Waals surface area contributed by atoms with Crippen molar-refractivity contribution in [1.82, 2.24) is 24.5 Å². The third kappa shape index (κ3) is 2.98. The van der Waals surface area contributed by atoms with E-state index in [0.717, 1.165) is 41.2 Å². The first kappa shape index (κ1) is 19.3. The SMILES string of the molecule is COc1ccc2[nH]c3c(c2c1)CCN([C@@H](c1ccccc1)c1sc2nc(C)nn2c1O)C3. The number of aryl methyl sites for hydroxylation is 1. The zero-order valence-electron chi connectivity index (χ0n) is 17.9. The monoisotopic (exact) mass is 445 g/mol. The Hall–Kier alpha value is -3.36. The summed E-state index contributed by atoms with van der Waals surface area (Å²) in [6, 6.07) is 16.5. The van der Waals surface area contributed by atoms with Gasteiger partial charge in [-0.3, -0.25) is 4.90 Å². The molecule has 4 heterocycles. The number of nitrogens with zero attached hydrogens (tertiary/aromatic N) is 4. The summed E-state index contributed by atoms with van der Waals surface area (Å²) in [4.78, 5) is 12.1. The van der Waals surface area contributed by atoms with Crippen LogP contribution in [0.4, 0.5) is 0 Å². The maximum atomic E-state index is 11.1. The molecule has 2 aromatic carbocycles. The van der Waals surface area contributed by atoms with Crippen LogP contribution in [0.5, 0.6) is 11.6 Å². The van der Waals surface area contributed by atoms with Gasteiger partial charge in [0.1, 0.15) is 11.6 Å². The molecule has 32 heavy (non-hydrogen) atoms. The van der Waals surface area contributed by atoms with E-state index >= 15 is 0 Å². The molecule has 1 aliphatic heterocycles. The molecular weight excluding hydrogens is 422 g/mol. The van der Waals surface area contributed by atoms with Gasteiger partial charge in [-0.2, -0.15) is 4.52 Å². The second-order valence-corrected chi connectivity index (χ2v) is 9.18. The van der Waals surface area contributed by atoms with Gasteiger partial charge in [0.25, 0.3) is 0 Å². The van der Waals surface area contributed by atoms with Gasteiger partial charge >= 0.3 is 0 Å². The van der Waals surface area contributed by atoms with E-state index < -0.39 is 0 Å². The molecule has 0 spiro atoms. The molecule has 0 aliphatic carbocycles. The first-order valence-electron chi connectivity index (χ1n) is 10.6. The van der Waals surface area contributed by atoms with E-state index in [-0.39, 0.29) is 11.9 Å². The minimum Gasteiger partial charge on any atom is -0.497 e. The van der Waals surface area contributed by atoms with Crippen LogP contribution in [0.1, 0.15) is 33.6 Å². The predicted octanol–water partition coefficient (Wildman–Crippen LogP) is 4.44. The Morgan fingerprint density at radius 3 is 2.81 bits per heavy atom. The lowest BCUT2D eigenvalue weighted by Crippen LogP contribution is -2.34. The fourth-order valence-electron chi connectivity index (χ4n) is 4.78. The van der Waals surface area contributed by atoms with Gasteiger partial charge in [0.2, 0.25) is 10.8 Å². The van der Waals surface area contributed by atoms with Crippen LogP contribution in [0, 0.1) is 6.92 Å². The van der Waals surface area contributed by atoms with Crippen LogP contribution in [0.2, 0.25) is 0 Å². The zero-order valence-corrected chi connectivity index (χ0v) is 18.7. The summed E-state index contributed by atoms with van der Waals surface area (Å²) < 4.78 is 6.99. The van der Waals surface area contributed by atoms with Crippen molar-refractivity contribution in [3.05, 3.63) is 76.1 Å². The van der Waals surface area contributed by atoms with Crippen LogP contribution in [0.15, 0.2) is 48.5 Å². The summed E-state index contributed by atoms with van der Waals surface area (Å²) in [7, 11) is 1.70. The second kappa shape index (κ2) is 7.36. The molecule has 1 atom stereocenters. The zero-order chi connectivity index (χ0) is 21.8. The molecule has 0 amide bonds. The number of rotatable bonds is 4. The number of nitrogens with one attached hydrogen (secondary N) is 1. The number of aromatic amines is 1. The van der Waals surface area contributed by atoms with Crippen LogP contribution in [0.3, 0.4) is 0 Å². The van der Waals surface area contributed by atoms with Gasteiger partial charge in [0.05, 0.1) is 18.0 Å². The van der Waals surface area contributed by atoms with Crippen molar-refractivity contribution < 1.29 is 9.84 Å². The highest BCUT2D eigenvalue weighted by molar-refractivity contribution is 7.17. The first-order chi connectivity index (χ1) is 15.6. The number of benzene rings is 2. The topological polar surface area (TPSA) is 78.7 Å². The van der Waals surface area contributed by atoms with E-state index in [9.17, 15) is 5.11 Å². The van der Waals surface area contributed by atoms with E-state index in [4.69, 9.17) is 4.74 Å². The molecule has 0 fully saturated rings. The predicted molar refractivity (Wildman–Crippen MR) is 125 cm³/mol. The molecule has 0 saturated heterocycles. The Labute approximate surface area is 188 Å². The smallest absolute Gasteiger partial charge is 0.230 e. The van der Waals surface area contributed by atoms with Gasteiger partial charge in [0.15, 0.2) is 0 Å². The van der Waals surface area contributed by atoms with Crippen molar-refractivity contribution in [3.8, 4) is 11.6 Å². The molecule has 0 saturated carbocycles. The molecule has 6 rings (SSSR count). The van der Waals surface area contributed by atoms with Crippen molar-refractivity contribution in [2.24, 2.45) is 0 Å². The van der Waals surface area contributed by atoms with Gasteiger partial charge in [0, 0.05) is 29.7 Å². The van der Waals surface area contributed by atoms with Gasteiger partial charge in [-0.15, -0.1) is 5.10 Å². The van der Waals surface area contributed by atoms with Crippen LogP contribution < -0.4 is 4.74 Å². The number of aromatic nitrogens is 4. The molecular formula is C24H23N5O2S. The molecule has 3 aromatic heterocycles. The van der Waals surface area contributed by atoms with Crippen molar-refractivity contribution in [2.45, 2.75) is 25.9 Å². The number of methoxy groups -OCH3 is 1. The third-order valence-corrected chi connectivity index (χ3v) is 7.32. The van der Waals surface area contributed by atoms with E-state index in [2.05, 4.69) is 44.2 Å². The molecule has 162 valence electrons. The fraction of sp³-hybridized carbons (Fsp3) is 0.250. The maximum Gasteiger partial charge on any atom is 0.230 e. The van der Waals surface area contributed by atoms with Crippen molar-refractivity contribution in [3.63, 3.8) is 0 Å². The third-order valence-electron chi connectivity index (χ3n) is 6.25. The standard InChI is InChI=1S/C24H23N5O2S/c1-14-25-24-29(27-14)23(30)22(32-24)21(15-6-4-3-5-7-15)28-11-10-17-18-12-16(31-2)8-9-19(18)26-20(17)13-28/h3-9,12,21,26,30H,10-11,13H2,1-2H3/t21-/m0/s1. The van der Waals surface area contributed by atoms with E-state index in [1.54, 1.807) is 11.6 Å². The van der Waals surface area contributed by atoms with Gasteiger partial charge < -0.3 is 14.8 Å². The number of hydrogen-bond donors (Lipinski definition) is 2. The number of aromatic hydroxyl groups is 1. The van der Waals surface area contributed by atoms with Crippen molar-refractivity contribution >= 4 is 27.2 Å². The highest BCUT2D eigenvalue weighted by Gasteiger charge is 2.32. The van der Waals surface area contributed by atoms with Crippen LogP contribution in [-0.4, -0.2) is 43.2 Å². The Morgan fingerprint density at radius 2 is 2.03 bits per heavy atom. The van der Waals surface area contributed by atoms with E-state index in [1.165, 1.54) is 28.0 Å². The number of hydrogen-bond acceptors (Lipinski definition) is 6. The summed E-state index contributed by atoms with van der Waals surface area (Å²) in [6.07, 6.45) is 0.923. The number of H-pyrrole nitrogens is 1. The normalized spacial score (nSPS) is 15.3. The largest absolute Gasteiger partial charge is 0.497 e. The van der Waals surface area contributed by atoms with Crippen LogP contribution >= 0.6 is 11.3 Å². The maximum absolute atomic E-state index is 11.1. The summed E-state index contributed by atoms with van der Waals surface area (Å²) >= 11 is 1.50.